The molecule has 0 fully saturated rings. The van der Waals surface area contributed by atoms with Gasteiger partial charge < -0.3 is 15.9 Å². The van der Waals surface area contributed by atoms with Crippen LogP contribution in [0.2, 0.25) is 0 Å². The fourth-order valence-electron chi connectivity index (χ4n) is 3.08. The summed E-state index contributed by atoms with van der Waals surface area (Å²) in [5.41, 5.74) is 5.49. The summed E-state index contributed by atoms with van der Waals surface area (Å²) < 4.78 is 0. The van der Waals surface area contributed by atoms with Crippen molar-refractivity contribution in [1.29, 1.82) is 0 Å². The summed E-state index contributed by atoms with van der Waals surface area (Å²) >= 11 is 0. The van der Waals surface area contributed by atoms with Crippen molar-refractivity contribution >= 4 is 0 Å². The van der Waals surface area contributed by atoms with Crippen LogP contribution in [0.4, 0.5) is 0 Å². The van der Waals surface area contributed by atoms with Crippen molar-refractivity contribution in [2.24, 2.45) is 5.73 Å². The number of hydrogen-bond donors (Lipinski definition) is 3. The monoisotopic (exact) mass is 329 g/mol. The number of nitrogens with two attached hydrogens (primary N) is 1. The highest BCUT2D eigenvalue weighted by atomic mass is 16.5. The zero-order valence-corrected chi connectivity index (χ0v) is 15.7. The van der Waals surface area contributed by atoms with Crippen LogP contribution in [-0.2, 0) is 0 Å². The molecule has 0 saturated carbocycles. The largest absolute Gasteiger partial charge is 0.366 e. The fraction of sp³-hybridized carbons (Fsp3) is 1.00. The summed E-state index contributed by atoms with van der Waals surface area (Å²) in [6.07, 6.45) is 21.5. The van der Waals surface area contributed by atoms with Crippen LogP contribution in [0.25, 0.3) is 0 Å². The van der Waals surface area contributed by atoms with Gasteiger partial charge in [-0.25, -0.2) is 0 Å². The van der Waals surface area contributed by atoms with Gasteiger partial charge in [0.2, 0.25) is 0 Å². The molecule has 0 amide bonds. The molecule has 4 N–H and O–H groups in total. The Balaban J connectivity index is 3.00. The van der Waals surface area contributed by atoms with Crippen molar-refractivity contribution in [3.63, 3.8) is 0 Å². The predicted molar refractivity (Wildman–Crippen MR) is 100 cm³/mol. The second-order valence-corrected chi connectivity index (χ2v) is 7.41. The standard InChI is InChI=1S/C20H43NO2/c1-20(22,23)18-16-14-12-10-8-6-4-2-3-5-7-9-11-13-15-17-19-21/h22-23H,2-19,21H2,1H3. The van der Waals surface area contributed by atoms with Crippen LogP contribution in [-0.4, -0.2) is 22.5 Å². The van der Waals surface area contributed by atoms with Crippen LogP contribution in [0, 0.1) is 0 Å². The molecule has 0 bridgehead atoms. The summed E-state index contributed by atoms with van der Waals surface area (Å²) in [7, 11) is 0. The van der Waals surface area contributed by atoms with E-state index >= 15 is 0 Å². The van der Waals surface area contributed by atoms with Crippen LogP contribution in [0.15, 0.2) is 0 Å². The van der Waals surface area contributed by atoms with E-state index in [0.717, 1.165) is 19.4 Å². The van der Waals surface area contributed by atoms with Crippen LogP contribution < -0.4 is 5.73 Å². The van der Waals surface area contributed by atoms with Crippen molar-refractivity contribution in [1.82, 2.24) is 0 Å². The lowest BCUT2D eigenvalue weighted by Crippen LogP contribution is -2.22. The third kappa shape index (κ3) is 21.9. The van der Waals surface area contributed by atoms with Crippen LogP contribution in [0.1, 0.15) is 116 Å². The van der Waals surface area contributed by atoms with Crippen molar-refractivity contribution < 1.29 is 10.2 Å². The van der Waals surface area contributed by atoms with E-state index in [9.17, 15) is 10.2 Å². The molecule has 0 aliphatic rings. The van der Waals surface area contributed by atoms with Crippen LogP contribution in [0.5, 0.6) is 0 Å². The SMILES string of the molecule is CC(O)(O)CCCCCCCCCCCCCCCCCCN. The van der Waals surface area contributed by atoms with E-state index in [1.807, 2.05) is 0 Å². The molecule has 0 unspecified atom stereocenters. The Hall–Kier alpha value is -0.120. The third-order valence-electron chi connectivity index (χ3n) is 4.60. The summed E-state index contributed by atoms with van der Waals surface area (Å²) in [4.78, 5) is 0. The van der Waals surface area contributed by atoms with Gasteiger partial charge in [0.25, 0.3) is 0 Å². The lowest BCUT2D eigenvalue weighted by Gasteiger charge is -2.14. The smallest absolute Gasteiger partial charge is 0.159 e. The topological polar surface area (TPSA) is 66.5 Å². The van der Waals surface area contributed by atoms with Gasteiger partial charge in [-0.1, -0.05) is 89.9 Å². The van der Waals surface area contributed by atoms with E-state index in [0.29, 0.717) is 6.42 Å². The van der Waals surface area contributed by atoms with E-state index in [1.54, 1.807) is 0 Å². The van der Waals surface area contributed by atoms with E-state index in [1.165, 1.54) is 96.8 Å². The first-order valence-electron chi connectivity index (χ1n) is 10.2. The minimum Gasteiger partial charge on any atom is -0.366 e. The molecular weight excluding hydrogens is 286 g/mol. The van der Waals surface area contributed by atoms with Crippen LogP contribution >= 0.6 is 0 Å². The van der Waals surface area contributed by atoms with E-state index < -0.39 is 5.79 Å². The minimum atomic E-state index is -1.47. The quantitative estimate of drug-likeness (QED) is 0.237. The molecule has 0 radical (unpaired) electrons. The van der Waals surface area contributed by atoms with Crippen molar-refractivity contribution in [2.45, 2.75) is 122 Å². The lowest BCUT2D eigenvalue weighted by molar-refractivity contribution is -0.150. The molecule has 0 aromatic rings. The average Bonchev–Trinajstić information content (AvgIpc) is 2.49. The molecule has 0 aliphatic heterocycles. The Morgan fingerprint density at radius 1 is 0.522 bits per heavy atom. The van der Waals surface area contributed by atoms with Gasteiger partial charge in [-0.3, -0.25) is 0 Å². The molecular formula is C20H43NO2. The zero-order chi connectivity index (χ0) is 17.2. The van der Waals surface area contributed by atoms with Gasteiger partial charge in [0.05, 0.1) is 0 Å². The Labute approximate surface area is 145 Å². The van der Waals surface area contributed by atoms with E-state index in [2.05, 4.69) is 0 Å². The Morgan fingerprint density at radius 2 is 0.783 bits per heavy atom. The first-order chi connectivity index (χ1) is 11.1. The summed E-state index contributed by atoms with van der Waals surface area (Å²) in [5.74, 6) is -1.47. The number of aliphatic hydroxyl groups is 2. The highest BCUT2D eigenvalue weighted by molar-refractivity contribution is 4.56. The molecule has 3 nitrogen and oxygen atoms in total. The van der Waals surface area contributed by atoms with Gasteiger partial charge in [0.15, 0.2) is 5.79 Å². The molecule has 23 heavy (non-hydrogen) atoms. The van der Waals surface area contributed by atoms with Gasteiger partial charge in [-0.05, 0) is 26.3 Å². The van der Waals surface area contributed by atoms with Crippen molar-refractivity contribution in [2.75, 3.05) is 6.54 Å². The maximum atomic E-state index is 9.19. The van der Waals surface area contributed by atoms with Gasteiger partial charge in [0.1, 0.15) is 0 Å². The van der Waals surface area contributed by atoms with E-state index in [-0.39, 0.29) is 0 Å². The molecule has 0 aromatic heterocycles. The molecule has 0 spiro atoms. The zero-order valence-electron chi connectivity index (χ0n) is 15.7. The number of rotatable bonds is 18. The fourth-order valence-corrected chi connectivity index (χ4v) is 3.08. The van der Waals surface area contributed by atoms with Gasteiger partial charge in [-0.15, -0.1) is 0 Å². The van der Waals surface area contributed by atoms with Crippen LogP contribution in [0.3, 0.4) is 0 Å². The van der Waals surface area contributed by atoms with Crippen molar-refractivity contribution in [3.8, 4) is 0 Å². The molecule has 0 atom stereocenters. The summed E-state index contributed by atoms with van der Waals surface area (Å²) in [6, 6.07) is 0. The summed E-state index contributed by atoms with van der Waals surface area (Å²) in [5, 5.41) is 18.4. The first kappa shape index (κ1) is 22.9. The second kappa shape index (κ2) is 16.7. The molecule has 0 aliphatic carbocycles. The lowest BCUT2D eigenvalue weighted by atomic mass is 10.0. The van der Waals surface area contributed by atoms with Gasteiger partial charge >= 0.3 is 0 Å². The molecule has 0 saturated heterocycles. The number of unbranched alkanes of at least 4 members (excludes halogenated alkanes) is 15. The second-order valence-electron chi connectivity index (χ2n) is 7.41. The highest BCUT2D eigenvalue weighted by Gasteiger charge is 2.13. The Morgan fingerprint density at radius 3 is 1.04 bits per heavy atom. The van der Waals surface area contributed by atoms with Gasteiger partial charge in [-0.2, -0.15) is 0 Å². The predicted octanol–water partition coefficient (Wildman–Crippen LogP) is 5.28. The first-order valence-corrected chi connectivity index (χ1v) is 10.2. The molecule has 0 heterocycles. The molecule has 0 rings (SSSR count). The average molecular weight is 330 g/mol. The van der Waals surface area contributed by atoms with Crippen molar-refractivity contribution in [3.05, 3.63) is 0 Å². The summed E-state index contributed by atoms with van der Waals surface area (Å²) in [6.45, 7) is 2.32. The van der Waals surface area contributed by atoms with E-state index in [4.69, 9.17) is 5.73 Å². The number of hydrogen-bond acceptors (Lipinski definition) is 3. The Kier molecular flexibility index (Phi) is 16.6. The third-order valence-corrected chi connectivity index (χ3v) is 4.60. The maximum Gasteiger partial charge on any atom is 0.159 e. The molecule has 3 heteroatoms. The maximum absolute atomic E-state index is 9.19. The van der Waals surface area contributed by atoms with Gasteiger partial charge in [0, 0.05) is 6.42 Å². The Bertz CT molecular complexity index is 226. The molecule has 140 valence electrons. The minimum absolute atomic E-state index is 0.500. The highest BCUT2D eigenvalue weighted by Crippen LogP contribution is 2.15. The normalized spacial score (nSPS) is 12.0. The molecule has 0 aromatic carbocycles.